The van der Waals surface area contributed by atoms with Gasteiger partial charge in [0.15, 0.2) is 0 Å². The Morgan fingerprint density at radius 1 is 1.32 bits per heavy atom. The monoisotopic (exact) mass is 268 g/mol. The maximum Gasteiger partial charge on any atom is 0.238 e. The Labute approximate surface area is 113 Å². The maximum absolute atomic E-state index is 12.7. The van der Waals surface area contributed by atoms with Crippen molar-refractivity contribution in [1.82, 2.24) is 5.32 Å². The number of rotatable bonds is 7. The van der Waals surface area contributed by atoms with Gasteiger partial charge in [-0.2, -0.15) is 0 Å². The van der Waals surface area contributed by atoms with Crippen molar-refractivity contribution in [2.75, 3.05) is 25.6 Å². The van der Waals surface area contributed by atoms with Crippen molar-refractivity contribution in [2.45, 2.75) is 19.9 Å². The molecule has 0 saturated carbocycles. The summed E-state index contributed by atoms with van der Waals surface area (Å²) in [6.45, 7) is 4.88. The highest BCUT2D eigenvalue weighted by Gasteiger charge is 2.13. The summed E-state index contributed by atoms with van der Waals surface area (Å²) in [5.41, 5.74) is 0.584. The van der Waals surface area contributed by atoms with Gasteiger partial charge in [-0.3, -0.25) is 4.79 Å². The summed E-state index contributed by atoms with van der Waals surface area (Å²) in [4.78, 5) is 11.7. The molecule has 4 nitrogen and oxygen atoms in total. The molecule has 1 unspecified atom stereocenters. The van der Waals surface area contributed by atoms with Crippen LogP contribution in [0.15, 0.2) is 24.3 Å². The Kier molecular flexibility index (Phi) is 6.45. The Balaban J connectivity index is 2.40. The van der Waals surface area contributed by atoms with Gasteiger partial charge in [-0.15, -0.1) is 0 Å². The number of carbonyl (C=O) groups is 1. The van der Waals surface area contributed by atoms with E-state index in [0.717, 1.165) is 0 Å². The van der Waals surface area contributed by atoms with Crippen LogP contribution >= 0.6 is 0 Å². The van der Waals surface area contributed by atoms with Gasteiger partial charge < -0.3 is 15.4 Å². The number of hydrogen-bond acceptors (Lipinski definition) is 3. The van der Waals surface area contributed by atoms with Crippen molar-refractivity contribution in [3.8, 4) is 0 Å². The van der Waals surface area contributed by atoms with Gasteiger partial charge in [0, 0.05) is 18.8 Å². The molecule has 106 valence electrons. The second-order valence-corrected chi connectivity index (χ2v) is 4.74. The molecule has 0 aliphatic heterocycles. The van der Waals surface area contributed by atoms with Crippen molar-refractivity contribution in [3.63, 3.8) is 0 Å². The largest absolute Gasteiger partial charge is 0.383 e. The first-order valence-electron chi connectivity index (χ1n) is 6.30. The SMILES string of the molecule is COCC(NCC(=O)Nc1ccc(F)cc1)C(C)C. The molecule has 0 spiro atoms. The van der Waals surface area contributed by atoms with Crippen molar-refractivity contribution < 1.29 is 13.9 Å². The van der Waals surface area contributed by atoms with E-state index in [1.165, 1.54) is 24.3 Å². The summed E-state index contributed by atoms with van der Waals surface area (Å²) in [6, 6.07) is 5.81. The zero-order valence-corrected chi connectivity index (χ0v) is 11.6. The van der Waals surface area contributed by atoms with Crippen LogP contribution in [-0.4, -0.2) is 32.2 Å². The molecule has 1 atom stereocenters. The molecule has 0 aliphatic rings. The Bertz CT molecular complexity index is 393. The number of ether oxygens (including phenoxy) is 1. The fourth-order valence-corrected chi connectivity index (χ4v) is 1.63. The highest BCUT2D eigenvalue weighted by Crippen LogP contribution is 2.08. The summed E-state index contributed by atoms with van der Waals surface area (Å²) in [5, 5.41) is 5.84. The van der Waals surface area contributed by atoms with E-state index in [1.54, 1.807) is 7.11 Å². The zero-order chi connectivity index (χ0) is 14.3. The van der Waals surface area contributed by atoms with Crippen LogP contribution in [0.3, 0.4) is 0 Å². The van der Waals surface area contributed by atoms with Crippen molar-refractivity contribution in [2.24, 2.45) is 5.92 Å². The molecule has 1 rings (SSSR count). The van der Waals surface area contributed by atoms with Gasteiger partial charge in [0.05, 0.1) is 13.2 Å². The lowest BCUT2D eigenvalue weighted by Crippen LogP contribution is -2.42. The number of anilines is 1. The molecule has 1 aromatic rings. The molecule has 1 amide bonds. The van der Waals surface area contributed by atoms with Crippen LogP contribution in [0.4, 0.5) is 10.1 Å². The van der Waals surface area contributed by atoms with Gasteiger partial charge in [-0.1, -0.05) is 13.8 Å². The third-order valence-corrected chi connectivity index (χ3v) is 2.80. The molecule has 2 N–H and O–H groups in total. The number of amides is 1. The van der Waals surface area contributed by atoms with Crippen molar-refractivity contribution >= 4 is 11.6 Å². The first-order valence-corrected chi connectivity index (χ1v) is 6.30. The van der Waals surface area contributed by atoms with Crippen LogP contribution in [0.1, 0.15) is 13.8 Å². The second-order valence-electron chi connectivity index (χ2n) is 4.74. The standard InChI is InChI=1S/C14H21FN2O2/c1-10(2)13(9-19-3)16-8-14(18)17-12-6-4-11(15)5-7-12/h4-7,10,13,16H,8-9H2,1-3H3,(H,17,18). The summed E-state index contributed by atoms with van der Waals surface area (Å²) < 4.78 is 17.8. The van der Waals surface area contributed by atoms with E-state index in [-0.39, 0.29) is 24.3 Å². The van der Waals surface area contributed by atoms with Gasteiger partial charge in [0.1, 0.15) is 5.82 Å². The lowest BCUT2D eigenvalue weighted by molar-refractivity contribution is -0.115. The van der Waals surface area contributed by atoms with E-state index >= 15 is 0 Å². The normalized spacial score (nSPS) is 12.5. The molecule has 1 aromatic carbocycles. The Morgan fingerprint density at radius 3 is 2.47 bits per heavy atom. The minimum absolute atomic E-state index is 0.129. The Hall–Kier alpha value is -1.46. The number of carbonyl (C=O) groups excluding carboxylic acids is 1. The average molecular weight is 268 g/mol. The minimum Gasteiger partial charge on any atom is -0.383 e. The first-order chi connectivity index (χ1) is 9.02. The fourth-order valence-electron chi connectivity index (χ4n) is 1.63. The fraction of sp³-hybridized carbons (Fsp3) is 0.500. The van der Waals surface area contributed by atoms with E-state index in [9.17, 15) is 9.18 Å². The summed E-state index contributed by atoms with van der Waals surface area (Å²) >= 11 is 0. The number of methoxy groups -OCH3 is 1. The van der Waals surface area contributed by atoms with Crippen LogP contribution in [0.5, 0.6) is 0 Å². The van der Waals surface area contributed by atoms with E-state index in [0.29, 0.717) is 18.2 Å². The lowest BCUT2D eigenvalue weighted by atomic mass is 10.1. The van der Waals surface area contributed by atoms with Crippen LogP contribution in [0.25, 0.3) is 0 Å². The molecule has 0 saturated heterocycles. The number of halogens is 1. The first kappa shape index (κ1) is 15.6. The van der Waals surface area contributed by atoms with E-state index in [2.05, 4.69) is 24.5 Å². The van der Waals surface area contributed by atoms with Crippen LogP contribution < -0.4 is 10.6 Å². The molecule has 0 bridgehead atoms. The molecule has 0 fully saturated rings. The molecular formula is C14H21FN2O2. The molecule has 0 aliphatic carbocycles. The van der Waals surface area contributed by atoms with Crippen LogP contribution in [0.2, 0.25) is 0 Å². The van der Waals surface area contributed by atoms with E-state index in [1.807, 2.05) is 0 Å². The number of hydrogen-bond donors (Lipinski definition) is 2. The van der Waals surface area contributed by atoms with E-state index < -0.39 is 0 Å². The maximum atomic E-state index is 12.7. The van der Waals surface area contributed by atoms with Crippen LogP contribution in [-0.2, 0) is 9.53 Å². The third-order valence-electron chi connectivity index (χ3n) is 2.80. The van der Waals surface area contributed by atoms with E-state index in [4.69, 9.17) is 4.74 Å². The van der Waals surface area contributed by atoms with Gasteiger partial charge >= 0.3 is 0 Å². The Morgan fingerprint density at radius 2 is 1.95 bits per heavy atom. The number of benzene rings is 1. The summed E-state index contributed by atoms with van der Waals surface area (Å²) in [6.07, 6.45) is 0. The molecule has 5 heteroatoms. The number of nitrogens with one attached hydrogen (secondary N) is 2. The van der Waals surface area contributed by atoms with Crippen LogP contribution in [0, 0.1) is 11.7 Å². The molecule has 19 heavy (non-hydrogen) atoms. The predicted molar refractivity (Wildman–Crippen MR) is 73.5 cm³/mol. The van der Waals surface area contributed by atoms with Gasteiger partial charge in [0.25, 0.3) is 0 Å². The molecule has 0 aromatic heterocycles. The molecular weight excluding hydrogens is 247 g/mol. The highest BCUT2D eigenvalue weighted by molar-refractivity contribution is 5.92. The lowest BCUT2D eigenvalue weighted by Gasteiger charge is -2.21. The topological polar surface area (TPSA) is 50.4 Å². The summed E-state index contributed by atoms with van der Waals surface area (Å²) in [7, 11) is 1.63. The second kappa shape index (κ2) is 7.86. The molecule has 0 heterocycles. The van der Waals surface area contributed by atoms with Crippen molar-refractivity contribution in [3.05, 3.63) is 30.1 Å². The molecule has 0 radical (unpaired) electrons. The van der Waals surface area contributed by atoms with Gasteiger partial charge in [-0.25, -0.2) is 4.39 Å². The quantitative estimate of drug-likeness (QED) is 0.795. The smallest absolute Gasteiger partial charge is 0.238 e. The van der Waals surface area contributed by atoms with Gasteiger partial charge in [0.2, 0.25) is 5.91 Å². The summed E-state index contributed by atoms with van der Waals surface area (Å²) in [5.74, 6) is -0.108. The average Bonchev–Trinajstić information content (AvgIpc) is 2.37. The van der Waals surface area contributed by atoms with Gasteiger partial charge in [-0.05, 0) is 30.2 Å². The zero-order valence-electron chi connectivity index (χ0n) is 11.6. The van der Waals surface area contributed by atoms with Crippen molar-refractivity contribution in [1.29, 1.82) is 0 Å². The highest BCUT2D eigenvalue weighted by atomic mass is 19.1. The third kappa shape index (κ3) is 5.81. The minimum atomic E-state index is -0.323. The predicted octanol–water partition coefficient (Wildman–Crippen LogP) is 2.02.